The molecule has 0 atom stereocenters. The molecule has 121 valence electrons. The summed E-state index contributed by atoms with van der Waals surface area (Å²) < 4.78 is 11.0. The van der Waals surface area contributed by atoms with Crippen molar-refractivity contribution in [1.82, 2.24) is 5.01 Å². The number of carbonyl (C=O) groups is 1. The molecule has 0 N–H and O–H groups in total. The average Bonchev–Trinajstić information content (AvgIpc) is 3.08. The third kappa shape index (κ3) is 3.13. The zero-order valence-corrected chi connectivity index (χ0v) is 13.7. The minimum Gasteiger partial charge on any atom is -0.486 e. The first-order chi connectivity index (χ1) is 11.7. The zero-order chi connectivity index (χ0) is 16.9. The Hall–Kier alpha value is -2.76. The van der Waals surface area contributed by atoms with Gasteiger partial charge in [0.05, 0.1) is 13.7 Å². The molecule has 1 radical (unpaired) electrons. The predicted molar refractivity (Wildman–Crippen MR) is 93.1 cm³/mol. The Morgan fingerprint density at radius 1 is 1.38 bits per heavy atom. The van der Waals surface area contributed by atoms with Crippen LogP contribution < -0.4 is 0 Å². The third-order valence-electron chi connectivity index (χ3n) is 3.80. The fourth-order valence-corrected chi connectivity index (χ4v) is 2.71. The summed E-state index contributed by atoms with van der Waals surface area (Å²) in [5, 5.41) is 5.91. The van der Waals surface area contributed by atoms with Gasteiger partial charge >= 0.3 is 5.97 Å². The van der Waals surface area contributed by atoms with E-state index >= 15 is 0 Å². The van der Waals surface area contributed by atoms with Crippen LogP contribution >= 0.6 is 0 Å². The molecular weight excluding hydrogens is 303 g/mol. The van der Waals surface area contributed by atoms with Gasteiger partial charge in [-0.25, -0.2) is 4.79 Å². The summed E-state index contributed by atoms with van der Waals surface area (Å²) in [6.45, 7) is 2.68. The lowest BCUT2D eigenvalue weighted by molar-refractivity contribution is -0.138. The topological polar surface area (TPSA) is 51.1 Å². The van der Waals surface area contributed by atoms with E-state index in [0.717, 1.165) is 16.6 Å². The number of ether oxygens (including phenoxy) is 2. The minimum atomic E-state index is -0.462. The predicted octanol–water partition coefficient (Wildman–Crippen LogP) is 2.39. The molecule has 0 spiro atoms. The van der Waals surface area contributed by atoms with E-state index in [4.69, 9.17) is 9.47 Å². The third-order valence-corrected chi connectivity index (χ3v) is 3.80. The Bertz CT molecular complexity index is 751. The second-order valence-electron chi connectivity index (χ2n) is 5.34. The van der Waals surface area contributed by atoms with Gasteiger partial charge in [-0.15, -0.1) is 5.98 Å². The Morgan fingerprint density at radius 2 is 2.17 bits per heavy atom. The van der Waals surface area contributed by atoms with Crippen LogP contribution in [0.25, 0.3) is 0 Å². The van der Waals surface area contributed by atoms with Crippen LogP contribution in [0.5, 0.6) is 0 Å². The summed E-state index contributed by atoms with van der Waals surface area (Å²) in [6, 6.07) is 9.83. The maximum absolute atomic E-state index is 12.3. The van der Waals surface area contributed by atoms with Gasteiger partial charge < -0.3 is 9.47 Å². The second kappa shape index (κ2) is 7.21. The normalized spacial score (nSPS) is 16.5. The summed E-state index contributed by atoms with van der Waals surface area (Å²) >= 11 is 0. The minimum absolute atomic E-state index is 0.324. The fourth-order valence-electron chi connectivity index (χ4n) is 2.71. The van der Waals surface area contributed by atoms with Gasteiger partial charge in [0.2, 0.25) is 0 Å². The highest BCUT2D eigenvalue weighted by molar-refractivity contribution is 6.53. The van der Waals surface area contributed by atoms with Crippen LogP contribution in [0, 0.1) is 0 Å². The lowest BCUT2D eigenvalue weighted by Crippen LogP contribution is -2.32. The Morgan fingerprint density at radius 3 is 2.88 bits per heavy atom. The van der Waals surface area contributed by atoms with Gasteiger partial charge in [-0.05, 0) is 12.5 Å². The Labute approximate surface area is 142 Å². The molecule has 5 nitrogen and oxygen atoms in total. The maximum atomic E-state index is 12.3. The van der Waals surface area contributed by atoms with Crippen molar-refractivity contribution in [3.63, 3.8) is 0 Å². The molecule has 6 heteroatoms. The fraction of sp³-hybridized carbons (Fsp3) is 0.222. The van der Waals surface area contributed by atoms with E-state index in [1.54, 1.807) is 18.1 Å². The van der Waals surface area contributed by atoms with Crippen molar-refractivity contribution in [2.75, 3.05) is 13.7 Å². The first-order valence-electron chi connectivity index (χ1n) is 7.75. The van der Waals surface area contributed by atoms with Crippen molar-refractivity contribution < 1.29 is 14.3 Å². The molecule has 2 aliphatic rings. The van der Waals surface area contributed by atoms with Crippen LogP contribution in [0.2, 0.25) is 0 Å². The number of benzene rings is 1. The van der Waals surface area contributed by atoms with E-state index in [0.29, 0.717) is 24.6 Å². The zero-order valence-electron chi connectivity index (χ0n) is 13.7. The van der Waals surface area contributed by atoms with Crippen LogP contribution in [0.4, 0.5) is 0 Å². The number of nitrogens with zero attached hydrogens (tertiary/aromatic N) is 2. The molecule has 1 aromatic carbocycles. The number of carbonyl (C=O) groups excluding carboxylic acids is 1. The second-order valence-corrected chi connectivity index (χ2v) is 5.34. The van der Waals surface area contributed by atoms with Crippen molar-refractivity contribution in [1.29, 1.82) is 0 Å². The van der Waals surface area contributed by atoms with E-state index in [1.165, 1.54) is 7.11 Å². The quantitative estimate of drug-likeness (QED) is 0.475. The van der Waals surface area contributed by atoms with E-state index in [1.807, 2.05) is 49.7 Å². The molecule has 2 heterocycles. The Kier molecular flexibility index (Phi) is 4.84. The molecular formula is C18H18BN2O3. The summed E-state index contributed by atoms with van der Waals surface area (Å²) in [6.07, 6.45) is 3.59. The first-order valence-corrected chi connectivity index (χ1v) is 7.75. The lowest BCUT2D eigenvalue weighted by atomic mass is 9.71. The smallest absolute Gasteiger partial charge is 0.360 e. The molecule has 0 aliphatic carbocycles. The van der Waals surface area contributed by atoms with Crippen molar-refractivity contribution in [2.45, 2.75) is 13.5 Å². The van der Waals surface area contributed by atoms with E-state index in [9.17, 15) is 4.79 Å². The summed E-state index contributed by atoms with van der Waals surface area (Å²) in [5.74, 6) is 1.99. The van der Waals surface area contributed by atoms with Crippen LogP contribution in [0.1, 0.15) is 12.5 Å². The first kappa shape index (κ1) is 16.1. The van der Waals surface area contributed by atoms with E-state index < -0.39 is 5.97 Å². The molecule has 24 heavy (non-hydrogen) atoms. The number of rotatable bonds is 5. The van der Waals surface area contributed by atoms with Crippen LogP contribution in [-0.2, 0) is 20.9 Å². The van der Waals surface area contributed by atoms with Gasteiger partial charge in [0, 0.05) is 11.8 Å². The van der Waals surface area contributed by atoms with Gasteiger partial charge in [0.1, 0.15) is 6.61 Å². The van der Waals surface area contributed by atoms with E-state index in [-0.39, 0.29) is 0 Å². The van der Waals surface area contributed by atoms with Crippen molar-refractivity contribution in [2.24, 2.45) is 5.10 Å². The molecule has 0 unspecified atom stereocenters. The van der Waals surface area contributed by atoms with Crippen molar-refractivity contribution in [3.05, 3.63) is 70.4 Å². The highest BCUT2D eigenvalue weighted by Crippen LogP contribution is 2.33. The average molecular weight is 321 g/mol. The Balaban J connectivity index is 1.98. The van der Waals surface area contributed by atoms with Gasteiger partial charge in [-0.2, -0.15) is 5.10 Å². The molecule has 0 saturated heterocycles. The van der Waals surface area contributed by atoms with Gasteiger partial charge in [0.15, 0.2) is 18.7 Å². The summed E-state index contributed by atoms with van der Waals surface area (Å²) in [5.41, 5.74) is 3.33. The largest absolute Gasteiger partial charge is 0.486 e. The van der Waals surface area contributed by atoms with Gasteiger partial charge in [-0.3, -0.25) is 5.01 Å². The molecule has 0 fully saturated rings. The molecule has 0 saturated carbocycles. The molecule has 1 aromatic rings. The van der Waals surface area contributed by atoms with Gasteiger partial charge in [-0.1, -0.05) is 41.9 Å². The number of hydrogen-bond donors (Lipinski definition) is 0. The lowest BCUT2D eigenvalue weighted by Gasteiger charge is -2.29. The number of methoxy groups -OCH3 is 1. The van der Waals surface area contributed by atoms with Crippen molar-refractivity contribution >= 4 is 19.5 Å². The molecule has 0 aromatic heterocycles. The van der Waals surface area contributed by atoms with E-state index in [2.05, 4.69) is 5.10 Å². The molecule has 3 rings (SSSR count). The number of allylic oxidation sites excluding steroid dienone is 1. The van der Waals surface area contributed by atoms with Crippen LogP contribution in [0.3, 0.4) is 0 Å². The van der Waals surface area contributed by atoms with Gasteiger partial charge in [0.25, 0.3) is 0 Å². The molecule has 0 bridgehead atoms. The standard InChI is InChI=1S/C18H18BN2O3/c1-3-20-21-11-15-14(9-10-19-15)17(16(21)18(22)23-2)24-12-13-7-5-4-6-8-13/h3-10H,11-12H2,1-2H3/b20-3-. The summed E-state index contributed by atoms with van der Waals surface area (Å²) in [4.78, 5) is 12.3. The number of esters is 1. The maximum Gasteiger partial charge on any atom is 0.360 e. The SMILES string of the molecule is C/C=N\N1CC2=C(C=C[B]2)C(OCc2ccccc2)=C1C(=O)OC. The summed E-state index contributed by atoms with van der Waals surface area (Å²) in [7, 11) is 3.37. The van der Waals surface area contributed by atoms with Crippen LogP contribution in [0.15, 0.2) is 70.0 Å². The highest BCUT2D eigenvalue weighted by atomic mass is 16.5. The number of hydrazone groups is 1. The monoisotopic (exact) mass is 321 g/mol. The molecule has 0 amide bonds. The number of hydrogen-bond acceptors (Lipinski definition) is 5. The van der Waals surface area contributed by atoms with Crippen LogP contribution in [-0.4, -0.2) is 38.1 Å². The van der Waals surface area contributed by atoms with Crippen molar-refractivity contribution in [3.8, 4) is 0 Å². The molecule has 2 aliphatic heterocycles. The highest BCUT2D eigenvalue weighted by Gasteiger charge is 2.33.